The predicted molar refractivity (Wildman–Crippen MR) is 81.3 cm³/mol. The molecule has 0 spiro atoms. The highest BCUT2D eigenvalue weighted by atomic mass is 35.5. The minimum absolute atomic E-state index is 0.0904. The average molecular weight is 275 g/mol. The van der Waals surface area contributed by atoms with Crippen LogP contribution in [0, 0.1) is 20.8 Å². The lowest BCUT2D eigenvalue weighted by molar-refractivity contribution is 0.636. The second-order valence-electron chi connectivity index (χ2n) is 4.97. The largest absolute Gasteiger partial charge is 0.271 e. The fraction of sp³-hybridized carbons (Fsp3) is 0.250. The van der Waals surface area contributed by atoms with Crippen molar-refractivity contribution in [1.82, 2.24) is 5.43 Å². The summed E-state index contributed by atoms with van der Waals surface area (Å²) in [5.41, 5.74) is 8.64. The highest BCUT2D eigenvalue weighted by Gasteiger charge is 2.16. The van der Waals surface area contributed by atoms with E-state index < -0.39 is 0 Å². The minimum Gasteiger partial charge on any atom is -0.271 e. The van der Waals surface area contributed by atoms with Gasteiger partial charge in [0.2, 0.25) is 0 Å². The van der Waals surface area contributed by atoms with Crippen LogP contribution < -0.4 is 11.3 Å². The molecule has 3 heteroatoms. The van der Waals surface area contributed by atoms with E-state index in [0.717, 1.165) is 21.7 Å². The summed E-state index contributed by atoms with van der Waals surface area (Å²) in [4.78, 5) is 0. The van der Waals surface area contributed by atoms with Crippen LogP contribution in [0.1, 0.15) is 33.9 Å². The highest BCUT2D eigenvalue weighted by molar-refractivity contribution is 6.31. The van der Waals surface area contributed by atoms with E-state index in [0.29, 0.717) is 0 Å². The topological polar surface area (TPSA) is 38.0 Å². The van der Waals surface area contributed by atoms with Gasteiger partial charge in [-0.05, 0) is 54.7 Å². The molecule has 0 aliphatic heterocycles. The molecule has 3 N–H and O–H groups in total. The lowest BCUT2D eigenvalue weighted by atomic mass is 9.95. The van der Waals surface area contributed by atoms with E-state index in [2.05, 4.69) is 37.5 Å². The summed E-state index contributed by atoms with van der Waals surface area (Å²) in [5.74, 6) is 5.72. The monoisotopic (exact) mass is 274 g/mol. The summed E-state index contributed by atoms with van der Waals surface area (Å²) >= 11 is 6.33. The van der Waals surface area contributed by atoms with Gasteiger partial charge in [-0.2, -0.15) is 0 Å². The van der Waals surface area contributed by atoms with Gasteiger partial charge in [-0.3, -0.25) is 5.84 Å². The zero-order valence-electron chi connectivity index (χ0n) is 11.5. The van der Waals surface area contributed by atoms with Crippen LogP contribution in [0.4, 0.5) is 0 Å². The summed E-state index contributed by atoms with van der Waals surface area (Å²) < 4.78 is 0. The summed E-state index contributed by atoms with van der Waals surface area (Å²) in [6.45, 7) is 6.22. The lowest BCUT2D eigenvalue weighted by Crippen LogP contribution is -2.29. The molecule has 0 radical (unpaired) electrons. The van der Waals surface area contributed by atoms with Crippen molar-refractivity contribution in [3.63, 3.8) is 0 Å². The maximum atomic E-state index is 6.33. The molecule has 0 aliphatic rings. The Labute approximate surface area is 119 Å². The SMILES string of the molecule is Cc1ccc(C(NN)c2ccc(C)c(C)c2)c(Cl)c1. The molecule has 0 saturated carbocycles. The molecule has 2 nitrogen and oxygen atoms in total. The Bertz CT molecular complexity index is 593. The van der Waals surface area contributed by atoms with E-state index in [1.165, 1.54) is 11.1 Å². The maximum absolute atomic E-state index is 6.33. The molecule has 1 unspecified atom stereocenters. The Kier molecular flexibility index (Phi) is 4.25. The van der Waals surface area contributed by atoms with Crippen molar-refractivity contribution in [3.8, 4) is 0 Å². The summed E-state index contributed by atoms with van der Waals surface area (Å²) in [6, 6.07) is 12.3. The average Bonchev–Trinajstić information content (AvgIpc) is 2.37. The Balaban J connectivity index is 2.46. The first-order valence-corrected chi connectivity index (χ1v) is 6.70. The van der Waals surface area contributed by atoms with Crippen LogP contribution in [-0.2, 0) is 0 Å². The molecule has 2 aromatic rings. The van der Waals surface area contributed by atoms with Crippen molar-refractivity contribution in [3.05, 3.63) is 69.2 Å². The van der Waals surface area contributed by atoms with Crippen molar-refractivity contribution in [2.75, 3.05) is 0 Å². The Morgan fingerprint density at radius 1 is 1.00 bits per heavy atom. The van der Waals surface area contributed by atoms with E-state index in [-0.39, 0.29) is 6.04 Å². The lowest BCUT2D eigenvalue weighted by Gasteiger charge is -2.19. The number of rotatable bonds is 3. The molecular formula is C16H19ClN2. The van der Waals surface area contributed by atoms with E-state index in [1.807, 2.05) is 25.1 Å². The van der Waals surface area contributed by atoms with Crippen LogP contribution in [0.2, 0.25) is 5.02 Å². The van der Waals surface area contributed by atoms with Gasteiger partial charge in [0.15, 0.2) is 0 Å². The van der Waals surface area contributed by atoms with Gasteiger partial charge in [-0.1, -0.05) is 41.9 Å². The molecule has 2 rings (SSSR count). The van der Waals surface area contributed by atoms with Crippen molar-refractivity contribution >= 4 is 11.6 Å². The number of hydrogen-bond donors (Lipinski definition) is 2. The van der Waals surface area contributed by atoms with E-state index in [1.54, 1.807) is 0 Å². The minimum atomic E-state index is -0.0904. The standard InChI is InChI=1S/C16H19ClN2/c1-10-4-7-14(15(17)8-10)16(19-18)13-6-5-11(2)12(3)9-13/h4-9,16,19H,18H2,1-3H3. The first-order valence-electron chi connectivity index (χ1n) is 6.32. The van der Waals surface area contributed by atoms with Crippen molar-refractivity contribution < 1.29 is 0 Å². The number of benzene rings is 2. The van der Waals surface area contributed by atoms with Crippen LogP contribution in [0.3, 0.4) is 0 Å². The molecule has 100 valence electrons. The molecule has 19 heavy (non-hydrogen) atoms. The van der Waals surface area contributed by atoms with Crippen LogP contribution in [0.15, 0.2) is 36.4 Å². The highest BCUT2D eigenvalue weighted by Crippen LogP contribution is 2.29. The molecule has 0 saturated heterocycles. The Morgan fingerprint density at radius 3 is 2.32 bits per heavy atom. The third-order valence-electron chi connectivity index (χ3n) is 3.50. The number of aryl methyl sites for hydroxylation is 3. The van der Waals surface area contributed by atoms with Gasteiger partial charge in [0.25, 0.3) is 0 Å². The quantitative estimate of drug-likeness (QED) is 0.660. The Morgan fingerprint density at radius 2 is 1.74 bits per heavy atom. The summed E-state index contributed by atoms with van der Waals surface area (Å²) in [7, 11) is 0. The Hall–Kier alpha value is -1.35. The third-order valence-corrected chi connectivity index (χ3v) is 3.83. The fourth-order valence-corrected chi connectivity index (χ4v) is 2.52. The second kappa shape index (κ2) is 5.74. The molecule has 0 bridgehead atoms. The smallest absolute Gasteiger partial charge is 0.0724 e. The normalized spacial score (nSPS) is 12.5. The van der Waals surface area contributed by atoms with Gasteiger partial charge in [-0.15, -0.1) is 0 Å². The zero-order valence-corrected chi connectivity index (χ0v) is 12.3. The van der Waals surface area contributed by atoms with Gasteiger partial charge < -0.3 is 0 Å². The first kappa shape index (κ1) is 14.1. The van der Waals surface area contributed by atoms with E-state index in [4.69, 9.17) is 17.4 Å². The molecule has 0 aromatic heterocycles. The van der Waals surface area contributed by atoms with Crippen LogP contribution in [-0.4, -0.2) is 0 Å². The van der Waals surface area contributed by atoms with Crippen LogP contribution in [0.25, 0.3) is 0 Å². The maximum Gasteiger partial charge on any atom is 0.0724 e. The predicted octanol–water partition coefficient (Wildman–Crippen LogP) is 3.82. The molecular weight excluding hydrogens is 256 g/mol. The van der Waals surface area contributed by atoms with Crippen LogP contribution >= 0.6 is 11.6 Å². The van der Waals surface area contributed by atoms with Gasteiger partial charge in [0, 0.05) is 5.02 Å². The zero-order chi connectivity index (χ0) is 14.0. The first-order chi connectivity index (χ1) is 9.02. The molecule has 1 atom stereocenters. The van der Waals surface area contributed by atoms with Crippen molar-refractivity contribution in [1.29, 1.82) is 0 Å². The second-order valence-corrected chi connectivity index (χ2v) is 5.38. The van der Waals surface area contributed by atoms with Gasteiger partial charge >= 0.3 is 0 Å². The molecule has 2 aromatic carbocycles. The van der Waals surface area contributed by atoms with Gasteiger partial charge in [0.1, 0.15) is 0 Å². The van der Waals surface area contributed by atoms with E-state index in [9.17, 15) is 0 Å². The van der Waals surface area contributed by atoms with Gasteiger partial charge in [0.05, 0.1) is 6.04 Å². The number of hydrazine groups is 1. The summed E-state index contributed by atoms with van der Waals surface area (Å²) in [6.07, 6.45) is 0. The van der Waals surface area contributed by atoms with Crippen molar-refractivity contribution in [2.24, 2.45) is 5.84 Å². The number of hydrogen-bond acceptors (Lipinski definition) is 2. The molecule has 0 amide bonds. The number of halogens is 1. The molecule has 0 heterocycles. The van der Waals surface area contributed by atoms with Crippen LogP contribution in [0.5, 0.6) is 0 Å². The molecule has 0 aliphatic carbocycles. The fourth-order valence-electron chi connectivity index (χ4n) is 2.18. The number of nitrogens with one attached hydrogen (secondary N) is 1. The van der Waals surface area contributed by atoms with Crippen molar-refractivity contribution in [2.45, 2.75) is 26.8 Å². The third kappa shape index (κ3) is 2.98. The number of nitrogens with two attached hydrogens (primary N) is 1. The van der Waals surface area contributed by atoms with Gasteiger partial charge in [-0.25, -0.2) is 5.43 Å². The van der Waals surface area contributed by atoms with E-state index >= 15 is 0 Å². The molecule has 0 fully saturated rings. The summed E-state index contributed by atoms with van der Waals surface area (Å²) in [5, 5.41) is 0.737.